The van der Waals surface area contributed by atoms with Crippen molar-refractivity contribution in [1.29, 1.82) is 5.26 Å². The molecule has 5 nitrogen and oxygen atoms in total. The van der Waals surface area contributed by atoms with E-state index >= 15 is 0 Å². The fourth-order valence-corrected chi connectivity index (χ4v) is 1.87. The van der Waals surface area contributed by atoms with Crippen LogP contribution < -0.4 is 5.32 Å². The smallest absolute Gasteiger partial charge is 0.338 e. The SMILES string of the molecule is CC(=O)Nc1ccc(C(=O)OCc2ccccc2C#N)cc1. The Bertz CT molecular complexity index is 730. The van der Waals surface area contributed by atoms with Crippen molar-refractivity contribution in [1.82, 2.24) is 0 Å². The predicted molar refractivity (Wildman–Crippen MR) is 81.0 cm³/mol. The molecule has 2 aromatic rings. The van der Waals surface area contributed by atoms with Gasteiger partial charge in [-0.25, -0.2) is 4.79 Å². The number of hydrogen-bond donors (Lipinski definition) is 1. The largest absolute Gasteiger partial charge is 0.457 e. The van der Waals surface area contributed by atoms with Crippen molar-refractivity contribution in [2.75, 3.05) is 5.32 Å². The van der Waals surface area contributed by atoms with E-state index < -0.39 is 5.97 Å². The third-order valence-corrected chi connectivity index (χ3v) is 2.94. The van der Waals surface area contributed by atoms with Crippen molar-refractivity contribution in [2.24, 2.45) is 0 Å². The second-order valence-corrected chi connectivity index (χ2v) is 4.60. The van der Waals surface area contributed by atoms with Crippen LogP contribution in [-0.4, -0.2) is 11.9 Å². The highest BCUT2D eigenvalue weighted by Gasteiger charge is 2.09. The van der Waals surface area contributed by atoms with Gasteiger partial charge in [-0.2, -0.15) is 5.26 Å². The summed E-state index contributed by atoms with van der Waals surface area (Å²) >= 11 is 0. The molecule has 0 aromatic heterocycles. The number of carbonyl (C=O) groups excluding carboxylic acids is 2. The number of ether oxygens (including phenoxy) is 1. The zero-order valence-electron chi connectivity index (χ0n) is 12.0. The van der Waals surface area contributed by atoms with Crippen molar-refractivity contribution >= 4 is 17.6 Å². The molecular weight excluding hydrogens is 280 g/mol. The second kappa shape index (κ2) is 7.04. The molecule has 0 radical (unpaired) electrons. The van der Waals surface area contributed by atoms with Gasteiger partial charge in [-0.1, -0.05) is 18.2 Å². The minimum Gasteiger partial charge on any atom is -0.457 e. The number of nitrogens with one attached hydrogen (secondary N) is 1. The molecule has 2 rings (SSSR count). The Labute approximate surface area is 128 Å². The number of anilines is 1. The minimum atomic E-state index is -0.484. The van der Waals surface area contributed by atoms with Crippen molar-refractivity contribution in [3.05, 3.63) is 65.2 Å². The van der Waals surface area contributed by atoms with E-state index in [-0.39, 0.29) is 12.5 Å². The van der Waals surface area contributed by atoms with Crippen LogP contribution >= 0.6 is 0 Å². The highest BCUT2D eigenvalue weighted by atomic mass is 16.5. The first-order valence-electron chi connectivity index (χ1n) is 6.63. The fourth-order valence-electron chi connectivity index (χ4n) is 1.87. The molecule has 0 aliphatic heterocycles. The number of nitriles is 1. The van der Waals surface area contributed by atoms with Gasteiger partial charge in [-0.05, 0) is 30.3 Å². The standard InChI is InChI=1S/C17H14N2O3/c1-12(20)19-16-8-6-13(7-9-16)17(21)22-11-15-5-3-2-4-14(15)10-18/h2-9H,11H2,1H3,(H,19,20). The van der Waals surface area contributed by atoms with Crippen LogP contribution in [0.4, 0.5) is 5.69 Å². The summed E-state index contributed by atoms with van der Waals surface area (Å²) in [5, 5.41) is 11.6. The van der Waals surface area contributed by atoms with Crippen LogP contribution in [0.1, 0.15) is 28.4 Å². The summed E-state index contributed by atoms with van der Waals surface area (Å²) in [5.74, 6) is -0.662. The fraction of sp³-hybridized carbons (Fsp3) is 0.118. The molecular formula is C17H14N2O3. The highest BCUT2D eigenvalue weighted by molar-refractivity contribution is 5.92. The van der Waals surface area contributed by atoms with Crippen LogP contribution in [0.2, 0.25) is 0 Å². The van der Waals surface area contributed by atoms with E-state index in [1.165, 1.54) is 6.92 Å². The Morgan fingerprint density at radius 2 is 1.82 bits per heavy atom. The van der Waals surface area contributed by atoms with E-state index in [0.717, 1.165) is 0 Å². The Kier molecular flexibility index (Phi) is 4.89. The molecule has 0 atom stereocenters. The molecule has 0 spiro atoms. The molecule has 0 saturated carbocycles. The lowest BCUT2D eigenvalue weighted by molar-refractivity contribution is -0.114. The summed E-state index contributed by atoms with van der Waals surface area (Å²) in [6, 6.07) is 15.4. The van der Waals surface area contributed by atoms with E-state index in [2.05, 4.69) is 11.4 Å². The topological polar surface area (TPSA) is 79.2 Å². The van der Waals surface area contributed by atoms with Crippen LogP contribution in [-0.2, 0) is 16.1 Å². The lowest BCUT2D eigenvalue weighted by Gasteiger charge is -2.07. The highest BCUT2D eigenvalue weighted by Crippen LogP contribution is 2.13. The van der Waals surface area contributed by atoms with Crippen LogP contribution in [0.5, 0.6) is 0 Å². The monoisotopic (exact) mass is 294 g/mol. The Morgan fingerprint density at radius 1 is 1.14 bits per heavy atom. The molecule has 1 amide bonds. The number of esters is 1. The number of carbonyl (C=O) groups is 2. The number of benzene rings is 2. The minimum absolute atomic E-state index is 0.0377. The zero-order chi connectivity index (χ0) is 15.9. The number of amides is 1. The van der Waals surface area contributed by atoms with Gasteiger partial charge in [-0.3, -0.25) is 4.79 Å². The molecule has 110 valence electrons. The van der Waals surface area contributed by atoms with Gasteiger partial charge in [0.1, 0.15) is 6.61 Å². The summed E-state index contributed by atoms with van der Waals surface area (Å²) in [4.78, 5) is 22.9. The lowest BCUT2D eigenvalue weighted by Crippen LogP contribution is -2.08. The molecule has 0 unspecified atom stereocenters. The maximum atomic E-state index is 12.0. The first-order valence-corrected chi connectivity index (χ1v) is 6.63. The van der Waals surface area contributed by atoms with E-state index in [0.29, 0.717) is 22.4 Å². The number of nitrogens with zero attached hydrogens (tertiary/aromatic N) is 1. The van der Waals surface area contributed by atoms with E-state index in [4.69, 9.17) is 10.00 Å². The summed E-state index contributed by atoms with van der Waals surface area (Å²) in [6.45, 7) is 1.45. The van der Waals surface area contributed by atoms with Crippen LogP contribution in [0, 0.1) is 11.3 Å². The van der Waals surface area contributed by atoms with Gasteiger partial charge >= 0.3 is 5.97 Å². The van der Waals surface area contributed by atoms with Crippen LogP contribution in [0.25, 0.3) is 0 Å². The molecule has 0 aliphatic rings. The van der Waals surface area contributed by atoms with Gasteiger partial charge in [0.2, 0.25) is 5.91 Å². The molecule has 2 aromatic carbocycles. The molecule has 0 fully saturated rings. The van der Waals surface area contributed by atoms with Gasteiger partial charge in [0.25, 0.3) is 0 Å². The van der Waals surface area contributed by atoms with Crippen molar-refractivity contribution in [3.8, 4) is 6.07 Å². The zero-order valence-corrected chi connectivity index (χ0v) is 12.0. The molecule has 0 aliphatic carbocycles. The molecule has 1 N–H and O–H groups in total. The van der Waals surface area contributed by atoms with Gasteiger partial charge in [0.15, 0.2) is 0 Å². The third-order valence-electron chi connectivity index (χ3n) is 2.94. The molecule has 22 heavy (non-hydrogen) atoms. The first-order chi connectivity index (χ1) is 10.6. The average Bonchev–Trinajstić information content (AvgIpc) is 2.53. The van der Waals surface area contributed by atoms with Gasteiger partial charge in [-0.15, -0.1) is 0 Å². The number of rotatable bonds is 4. The Hall–Kier alpha value is -3.13. The maximum absolute atomic E-state index is 12.0. The second-order valence-electron chi connectivity index (χ2n) is 4.60. The molecule has 0 heterocycles. The van der Waals surface area contributed by atoms with Gasteiger partial charge < -0.3 is 10.1 Å². The average molecular weight is 294 g/mol. The lowest BCUT2D eigenvalue weighted by atomic mass is 10.1. The number of hydrogen-bond acceptors (Lipinski definition) is 4. The molecule has 5 heteroatoms. The summed E-state index contributed by atoms with van der Waals surface area (Å²) in [5.41, 5.74) is 2.13. The van der Waals surface area contributed by atoms with Crippen molar-refractivity contribution in [2.45, 2.75) is 13.5 Å². The predicted octanol–water partition coefficient (Wildman–Crippen LogP) is 2.87. The summed E-state index contributed by atoms with van der Waals surface area (Å²) in [6.07, 6.45) is 0. The normalized spacial score (nSPS) is 9.64. The molecule has 0 bridgehead atoms. The van der Waals surface area contributed by atoms with Gasteiger partial charge in [0, 0.05) is 18.2 Å². The van der Waals surface area contributed by atoms with Crippen molar-refractivity contribution in [3.63, 3.8) is 0 Å². The first kappa shape index (κ1) is 15.3. The van der Waals surface area contributed by atoms with E-state index in [1.54, 1.807) is 48.5 Å². The molecule has 0 saturated heterocycles. The third kappa shape index (κ3) is 3.93. The maximum Gasteiger partial charge on any atom is 0.338 e. The van der Waals surface area contributed by atoms with E-state index in [9.17, 15) is 9.59 Å². The quantitative estimate of drug-likeness (QED) is 0.879. The van der Waals surface area contributed by atoms with E-state index in [1.807, 2.05) is 0 Å². The Morgan fingerprint density at radius 3 is 2.45 bits per heavy atom. The Balaban J connectivity index is 2.00. The van der Waals surface area contributed by atoms with Crippen LogP contribution in [0.15, 0.2) is 48.5 Å². The van der Waals surface area contributed by atoms with Crippen LogP contribution in [0.3, 0.4) is 0 Å². The van der Waals surface area contributed by atoms with Crippen molar-refractivity contribution < 1.29 is 14.3 Å². The van der Waals surface area contributed by atoms with Gasteiger partial charge in [0.05, 0.1) is 17.2 Å². The summed E-state index contributed by atoms with van der Waals surface area (Å²) in [7, 11) is 0. The summed E-state index contributed by atoms with van der Waals surface area (Å²) < 4.78 is 5.20.